The molecule has 0 fully saturated rings. The number of nitrogens with one attached hydrogen (secondary N) is 2. The molecule has 0 radical (unpaired) electrons. The van der Waals surface area contributed by atoms with Crippen LogP contribution < -0.4 is 15.4 Å². The molecular formula is C11H15N3O3. The van der Waals surface area contributed by atoms with Gasteiger partial charge in [0.2, 0.25) is 11.8 Å². The van der Waals surface area contributed by atoms with Crippen molar-refractivity contribution in [2.75, 3.05) is 20.2 Å². The second-order valence-corrected chi connectivity index (χ2v) is 3.14. The number of ether oxygens (including phenoxy) is 1. The molecule has 0 saturated heterocycles. The smallest absolute Gasteiger partial charge is 0.257 e. The molecule has 1 aromatic rings. The normalized spacial score (nSPS) is 9.53. The van der Waals surface area contributed by atoms with E-state index in [1.807, 2.05) is 0 Å². The number of pyridine rings is 1. The first-order valence-electron chi connectivity index (χ1n) is 5.25. The highest BCUT2D eigenvalue weighted by Crippen LogP contribution is 2.13. The van der Waals surface area contributed by atoms with E-state index in [9.17, 15) is 9.59 Å². The lowest BCUT2D eigenvalue weighted by atomic mass is 10.2. The molecule has 0 saturated carbocycles. The van der Waals surface area contributed by atoms with E-state index in [4.69, 9.17) is 4.74 Å². The maximum Gasteiger partial charge on any atom is 0.257 e. The Bertz CT molecular complexity index is 407. The summed E-state index contributed by atoms with van der Waals surface area (Å²) in [7, 11) is 1.50. The van der Waals surface area contributed by atoms with Crippen molar-refractivity contribution in [2.24, 2.45) is 0 Å². The maximum atomic E-state index is 11.7. The molecule has 0 aliphatic rings. The second kappa shape index (κ2) is 6.47. The highest BCUT2D eigenvalue weighted by molar-refractivity contribution is 5.98. The van der Waals surface area contributed by atoms with Crippen LogP contribution in [0.5, 0.6) is 5.88 Å². The Hall–Kier alpha value is -2.11. The van der Waals surface area contributed by atoms with E-state index in [-0.39, 0.29) is 24.2 Å². The van der Waals surface area contributed by atoms with Gasteiger partial charge in [-0.3, -0.25) is 9.59 Å². The fourth-order valence-electron chi connectivity index (χ4n) is 1.16. The summed E-state index contributed by atoms with van der Waals surface area (Å²) in [6.07, 6.45) is 1.54. The van der Waals surface area contributed by atoms with Gasteiger partial charge >= 0.3 is 0 Å². The number of carbonyl (C=O) groups excluding carboxylic acids is 2. The number of likely N-dealkylation sites (N-methyl/N-ethyl adjacent to an activating group) is 1. The van der Waals surface area contributed by atoms with E-state index >= 15 is 0 Å². The van der Waals surface area contributed by atoms with Crippen LogP contribution >= 0.6 is 0 Å². The van der Waals surface area contributed by atoms with Crippen LogP contribution in [0.25, 0.3) is 0 Å². The van der Waals surface area contributed by atoms with E-state index in [1.165, 1.54) is 7.05 Å². The fourth-order valence-corrected chi connectivity index (χ4v) is 1.16. The first-order valence-corrected chi connectivity index (χ1v) is 5.25. The van der Waals surface area contributed by atoms with Gasteiger partial charge in [-0.2, -0.15) is 0 Å². The molecule has 0 aromatic carbocycles. The summed E-state index contributed by atoms with van der Waals surface area (Å²) >= 11 is 0. The summed E-state index contributed by atoms with van der Waals surface area (Å²) in [6.45, 7) is 2.16. The van der Waals surface area contributed by atoms with Gasteiger partial charge in [0.15, 0.2) is 0 Å². The Morgan fingerprint density at radius 2 is 2.24 bits per heavy atom. The molecule has 17 heavy (non-hydrogen) atoms. The van der Waals surface area contributed by atoms with Gasteiger partial charge in [-0.1, -0.05) is 0 Å². The lowest BCUT2D eigenvalue weighted by Gasteiger charge is -2.08. The first kappa shape index (κ1) is 13.0. The van der Waals surface area contributed by atoms with Crippen LogP contribution in [0, 0.1) is 0 Å². The molecule has 92 valence electrons. The molecule has 0 unspecified atom stereocenters. The number of nitrogens with zero attached hydrogens (tertiary/aromatic N) is 1. The highest BCUT2D eigenvalue weighted by Gasteiger charge is 2.13. The van der Waals surface area contributed by atoms with Crippen LogP contribution in [0.15, 0.2) is 18.3 Å². The third-order valence-electron chi connectivity index (χ3n) is 1.99. The van der Waals surface area contributed by atoms with Crippen LogP contribution in [-0.2, 0) is 4.79 Å². The molecule has 0 atom stereocenters. The number of aromatic nitrogens is 1. The fraction of sp³-hybridized carbons (Fsp3) is 0.364. The highest BCUT2D eigenvalue weighted by atomic mass is 16.5. The van der Waals surface area contributed by atoms with Crippen molar-refractivity contribution in [2.45, 2.75) is 6.92 Å². The number of amides is 2. The topological polar surface area (TPSA) is 80.3 Å². The minimum atomic E-state index is -0.384. The lowest BCUT2D eigenvalue weighted by Crippen LogP contribution is -2.35. The average molecular weight is 237 g/mol. The van der Waals surface area contributed by atoms with Crippen LogP contribution in [-0.4, -0.2) is 37.0 Å². The second-order valence-electron chi connectivity index (χ2n) is 3.14. The molecule has 1 aromatic heterocycles. The van der Waals surface area contributed by atoms with Crippen molar-refractivity contribution in [3.8, 4) is 5.88 Å². The zero-order valence-electron chi connectivity index (χ0n) is 9.82. The molecule has 1 rings (SSSR count). The van der Waals surface area contributed by atoms with Gasteiger partial charge in [0.1, 0.15) is 5.56 Å². The molecule has 1 heterocycles. The first-order chi connectivity index (χ1) is 8.19. The molecule has 6 nitrogen and oxygen atoms in total. The summed E-state index contributed by atoms with van der Waals surface area (Å²) < 4.78 is 5.22. The predicted octanol–water partition coefficient (Wildman–Crippen LogP) is -0.0439. The molecule has 2 amide bonds. The molecular weight excluding hydrogens is 222 g/mol. The SMILES string of the molecule is CCOc1ncccc1C(=O)NCC(=O)NC. The van der Waals surface area contributed by atoms with Crippen molar-refractivity contribution in [3.05, 3.63) is 23.9 Å². The van der Waals surface area contributed by atoms with Crippen molar-refractivity contribution in [1.29, 1.82) is 0 Å². The van der Waals surface area contributed by atoms with E-state index in [0.717, 1.165) is 0 Å². The number of hydrogen-bond donors (Lipinski definition) is 2. The number of rotatable bonds is 5. The van der Waals surface area contributed by atoms with E-state index < -0.39 is 0 Å². The summed E-state index contributed by atoms with van der Waals surface area (Å²) in [6, 6.07) is 3.23. The van der Waals surface area contributed by atoms with Gasteiger partial charge in [0.05, 0.1) is 13.2 Å². The van der Waals surface area contributed by atoms with Gasteiger partial charge in [-0.25, -0.2) is 4.98 Å². The molecule has 0 spiro atoms. The number of carbonyl (C=O) groups is 2. The Morgan fingerprint density at radius 1 is 1.47 bits per heavy atom. The Morgan fingerprint density at radius 3 is 2.88 bits per heavy atom. The van der Waals surface area contributed by atoms with Crippen molar-refractivity contribution < 1.29 is 14.3 Å². The summed E-state index contributed by atoms with van der Waals surface area (Å²) in [5.74, 6) is -0.380. The van der Waals surface area contributed by atoms with Gasteiger partial charge in [0.25, 0.3) is 5.91 Å². The summed E-state index contributed by atoms with van der Waals surface area (Å²) in [5.41, 5.74) is 0.318. The standard InChI is InChI=1S/C11H15N3O3/c1-3-17-11-8(5-4-6-13-11)10(16)14-7-9(15)12-2/h4-6H,3,7H2,1-2H3,(H,12,15)(H,14,16). The quantitative estimate of drug-likeness (QED) is 0.752. The van der Waals surface area contributed by atoms with Gasteiger partial charge in [0, 0.05) is 13.2 Å². The Balaban J connectivity index is 2.71. The maximum absolute atomic E-state index is 11.7. The summed E-state index contributed by atoms with van der Waals surface area (Å²) in [4.78, 5) is 26.7. The lowest BCUT2D eigenvalue weighted by molar-refractivity contribution is -0.119. The van der Waals surface area contributed by atoms with Gasteiger partial charge in [-0.15, -0.1) is 0 Å². The Kier molecular flexibility index (Phi) is 4.93. The van der Waals surface area contributed by atoms with E-state index in [2.05, 4.69) is 15.6 Å². The monoisotopic (exact) mass is 237 g/mol. The molecule has 6 heteroatoms. The van der Waals surface area contributed by atoms with E-state index in [0.29, 0.717) is 12.2 Å². The average Bonchev–Trinajstić information content (AvgIpc) is 2.36. The van der Waals surface area contributed by atoms with Crippen LogP contribution in [0.3, 0.4) is 0 Å². The molecule has 0 bridgehead atoms. The Labute approximate surface area is 99.4 Å². The molecule has 0 aliphatic heterocycles. The van der Waals surface area contributed by atoms with Crippen LogP contribution in [0.2, 0.25) is 0 Å². The summed E-state index contributed by atoms with van der Waals surface area (Å²) in [5, 5.41) is 4.89. The van der Waals surface area contributed by atoms with Crippen molar-refractivity contribution in [1.82, 2.24) is 15.6 Å². The van der Waals surface area contributed by atoms with Crippen LogP contribution in [0.1, 0.15) is 17.3 Å². The minimum Gasteiger partial charge on any atom is -0.477 e. The third kappa shape index (κ3) is 3.75. The van der Waals surface area contributed by atoms with Gasteiger partial charge in [-0.05, 0) is 19.1 Å². The van der Waals surface area contributed by atoms with Crippen LogP contribution in [0.4, 0.5) is 0 Å². The number of hydrogen-bond acceptors (Lipinski definition) is 4. The minimum absolute atomic E-state index is 0.0736. The van der Waals surface area contributed by atoms with E-state index in [1.54, 1.807) is 25.3 Å². The zero-order valence-corrected chi connectivity index (χ0v) is 9.82. The van der Waals surface area contributed by atoms with Crippen molar-refractivity contribution >= 4 is 11.8 Å². The molecule has 0 aliphatic carbocycles. The van der Waals surface area contributed by atoms with Crippen molar-refractivity contribution in [3.63, 3.8) is 0 Å². The molecule has 2 N–H and O–H groups in total. The third-order valence-corrected chi connectivity index (χ3v) is 1.99. The zero-order chi connectivity index (χ0) is 12.7. The largest absolute Gasteiger partial charge is 0.477 e. The predicted molar refractivity (Wildman–Crippen MR) is 61.8 cm³/mol. The van der Waals surface area contributed by atoms with Gasteiger partial charge < -0.3 is 15.4 Å².